The topological polar surface area (TPSA) is 33.1 Å². The number of aliphatic hydroxyl groups is 1. The van der Waals surface area contributed by atoms with Gasteiger partial charge in [-0.3, -0.25) is 0 Å². The van der Waals surface area contributed by atoms with Gasteiger partial charge >= 0.3 is 0 Å². The third-order valence-corrected chi connectivity index (χ3v) is 3.80. The monoisotopic (exact) mass is 251 g/mol. The van der Waals surface area contributed by atoms with Crippen molar-refractivity contribution < 1.29 is 9.50 Å². The molecule has 0 aliphatic rings. The quantitative estimate of drug-likeness (QED) is 0.906. The Labute approximate surface area is 104 Å². The first-order chi connectivity index (χ1) is 8.19. The van der Waals surface area contributed by atoms with E-state index in [-0.39, 0.29) is 18.3 Å². The predicted molar refractivity (Wildman–Crippen MR) is 66.8 cm³/mol. The number of thiazole rings is 1. The number of aliphatic hydroxyl groups excluding tert-OH is 1. The number of rotatable bonds is 4. The Kier molecular flexibility index (Phi) is 3.86. The Bertz CT molecular complexity index is 498. The lowest BCUT2D eigenvalue weighted by Gasteiger charge is -2.01. The number of halogens is 1. The minimum atomic E-state index is -0.219. The Morgan fingerprint density at radius 2 is 2.29 bits per heavy atom. The summed E-state index contributed by atoms with van der Waals surface area (Å²) in [4.78, 5) is 5.36. The van der Waals surface area contributed by atoms with Crippen molar-refractivity contribution in [2.45, 2.75) is 19.3 Å². The molecule has 1 atom stereocenters. The van der Waals surface area contributed by atoms with Crippen LogP contribution in [-0.2, 0) is 6.42 Å². The molecule has 2 aromatic rings. The van der Waals surface area contributed by atoms with Crippen LogP contribution in [0.3, 0.4) is 0 Å². The fourth-order valence-electron chi connectivity index (χ4n) is 1.55. The summed E-state index contributed by atoms with van der Waals surface area (Å²) >= 11 is 1.57. The van der Waals surface area contributed by atoms with E-state index in [1.165, 1.54) is 12.1 Å². The van der Waals surface area contributed by atoms with E-state index in [4.69, 9.17) is 5.11 Å². The van der Waals surface area contributed by atoms with Crippen molar-refractivity contribution in [2.24, 2.45) is 0 Å². The smallest absolute Gasteiger partial charge is 0.123 e. The number of nitrogens with zero attached hydrogens (tertiary/aromatic N) is 1. The fraction of sp³-hybridized carbons (Fsp3) is 0.308. The highest BCUT2D eigenvalue weighted by molar-refractivity contribution is 7.11. The lowest BCUT2D eigenvalue weighted by atomic mass is 10.1. The summed E-state index contributed by atoms with van der Waals surface area (Å²) in [6, 6.07) is 6.55. The van der Waals surface area contributed by atoms with Gasteiger partial charge < -0.3 is 5.11 Å². The first-order valence-corrected chi connectivity index (χ1v) is 6.30. The van der Waals surface area contributed by atoms with Gasteiger partial charge in [0.2, 0.25) is 0 Å². The van der Waals surface area contributed by atoms with Crippen molar-refractivity contribution in [2.75, 3.05) is 6.61 Å². The Morgan fingerprint density at radius 1 is 1.47 bits per heavy atom. The molecule has 90 valence electrons. The maximum Gasteiger partial charge on any atom is 0.123 e. The van der Waals surface area contributed by atoms with Crippen molar-refractivity contribution in [3.8, 4) is 0 Å². The molecule has 0 fully saturated rings. The normalized spacial score (nSPS) is 12.6. The molecule has 0 saturated heterocycles. The molecule has 0 bridgehead atoms. The van der Waals surface area contributed by atoms with Crippen molar-refractivity contribution in [1.82, 2.24) is 4.98 Å². The van der Waals surface area contributed by atoms with Crippen LogP contribution in [0.25, 0.3) is 0 Å². The maximum atomic E-state index is 13.0. The number of benzene rings is 1. The number of aromatic nitrogens is 1. The predicted octanol–water partition coefficient (Wildman–Crippen LogP) is 2.97. The summed E-state index contributed by atoms with van der Waals surface area (Å²) in [7, 11) is 0. The van der Waals surface area contributed by atoms with Crippen molar-refractivity contribution >= 4 is 11.3 Å². The Morgan fingerprint density at radius 3 is 3.00 bits per heavy atom. The van der Waals surface area contributed by atoms with Crippen LogP contribution >= 0.6 is 11.3 Å². The van der Waals surface area contributed by atoms with E-state index < -0.39 is 0 Å². The van der Waals surface area contributed by atoms with Gasteiger partial charge in [-0.25, -0.2) is 9.37 Å². The lowest BCUT2D eigenvalue weighted by molar-refractivity contribution is 0.274. The molecule has 1 heterocycles. The van der Waals surface area contributed by atoms with Gasteiger partial charge in [0.1, 0.15) is 5.82 Å². The standard InChI is InChI=1S/C13H14FNOS/c1-9(8-16)12-7-15-13(17-12)6-10-3-2-4-11(14)5-10/h2-5,7,9,16H,6,8H2,1H3. The van der Waals surface area contributed by atoms with Crippen LogP contribution in [0.5, 0.6) is 0 Å². The lowest BCUT2D eigenvalue weighted by Crippen LogP contribution is -1.94. The molecular weight excluding hydrogens is 237 g/mol. The first-order valence-electron chi connectivity index (χ1n) is 5.49. The second-order valence-corrected chi connectivity index (χ2v) is 5.19. The number of hydrogen-bond donors (Lipinski definition) is 1. The van der Waals surface area contributed by atoms with Gasteiger partial charge in [-0.05, 0) is 17.7 Å². The molecule has 17 heavy (non-hydrogen) atoms. The summed E-state index contributed by atoms with van der Waals surface area (Å²) in [6.07, 6.45) is 2.43. The molecule has 0 saturated carbocycles. The van der Waals surface area contributed by atoms with Crippen LogP contribution in [0.2, 0.25) is 0 Å². The van der Waals surface area contributed by atoms with E-state index in [0.717, 1.165) is 15.4 Å². The van der Waals surface area contributed by atoms with E-state index >= 15 is 0 Å². The van der Waals surface area contributed by atoms with Gasteiger partial charge in [0.05, 0.1) is 11.6 Å². The zero-order chi connectivity index (χ0) is 12.3. The summed E-state index contributed by atoms with van der Waals surface area (Å²) in [5.41, 5.74) is 0.919. The fourth-order valence-corrected chi connectivity index (χ4v) is 2.54. The zero-order valence-corrected chi connectivity index (χ0v) is 10.4. The van der Waals surface area contributed by atoms with Gasteiger partial charge in [0.15, 0.2) is 0 Å². The van der Waals surface area contributed by atoms with Crippen molar-refractivity contribution in [1.29, 1.82) is 0 Å². The highest BCUT2D eigenvalue weighted by Gasteiger charge is 2.09. The van der Waals surface area contributed by atoms with Crippen LogP contribution in [0, 0.1) is 5.82 Å². The molecular formula is C13H14FNOS. The van der Waals surface area contributed by atoms with Crippen LogP contribution in [0.1, 0.15) is 28.3 Å². The molecule has 0 spiro atoms. The minimum absolute atomic E-state index is 0.119. The molecule has 2 nitrogen and oxygen atoms in total. The molecule has 4 heteroatoms. The van der Waals surface area contributed by atoms with Crippen molar-refractivity contribution in [3.63, 3.8) is 0 Å². The highest BCUT2D eigenvalue weighted by Crippen LogP contribution is 2.23. The van der Waals surface area contributed by atoms with E-state index in [0.29, 0.717) is 6.42 Å². The van der Waals surface area contributed by atoms with Gasteiger partial charge in [-0.15, -0.1) is 11.3 Å². The second-order valence-electron chi connectivity index (χ2n) is 4.05. The third-order valence-electron chi connectivity index (χ3n) is 2.58. The minimum Gasteiger partial charge on any atom is -0.396 e. The molecule has 0 aliphatic carbocycles. The van der Waals surface area contributed by atoms with E-state index in [9.17, 15) is 4.39 Å². The molecule has 2 rings (SSSR count). The molecule has 0 amide bonds. The summed E-state index contributed by atoms with van der Waals surface area (Å²) < 4.78 is 13.0. The zero-order valence-electron chi connectivity index (χ0n) is 9.56. The third kappa shape index (κ3) is 3.11. The van der Waals surface area contributed by atoms with Gasteiger partial charge in [-0.1, -0.05) is 19.1 Å². The molecule has 1 unspecified atom stereocenters. The maximum absolute atomic E-state index is 13.0. The van der Waals surface area contributed by atoms with Crippen LogP contribution < -0.4 is 0 Å². The van der Waals surface area contributed by atoms with E-state index in [2.05, 4.69) is 4.98 Å². The molecule has 1 aromatic carbocycles. The van der Waals surface area contributed by atoms with E-state index in [1.807, 2.05) is 13.0 Å². The summed E-state index contributed by atoms with van der Waals surface area (Å²) in [6.45, 7) is 2.08. The average Bonchev–Trinajstić information content (AvgIpc) is 2.76. The highest BCUT2D eigenvalue weighted by atomic mass is 32.1. The van der Waals surface area contributed by atoms with Gasteiger partial charge in [-0.2, -0.15) is 0 Å². The second kappa shape index (κ2) is 5.38. The SMILES string of the molecule is CC(CO)c1cnc(Cc2cccc(F)c2)s1. The molecule has 1 aromatic heterocycles. The van der Waals surface area contributed by atoms with Crippen LogP contribution in [-0.4, -0.2) is 16.7 Å². The average molecular weight is 251 g/mol. The first kappa shape index (κ1) is 12.2. The molecule has 1 N–H and O–H groups in total. The Balaban J connectivity index is 2.11. The van der Waals surface area contributed by atoms with Gasteiger partial charge in [0, 0.05) is 23.4 Å². The Hall–Kier alpha value is -1.26. The largest absolute Gasteiger partial charge is 0.396 e. The molecule has 0 radical (unpaired) electrons. The summed E-state index contributed by atoms with van der Waals surface area (Å²) in [5, 5.41) is 10.0. The molecule has 0 aliphatic heterocycles. The summed E-state index contributed by atoms with van der Waals surface area (Å²) in [5.74, 6) is -0.100. The van der Waals surface area contributed by atoms with Crippen LogP contribution in [0.4, 0.5) is 4.39 Å². The van der Waals surface area contributed by atoms with Gasteiger partial charge in [0.25, 0.3) is 0 Å². The number of hydrogen-bond acceptors (Lipinski definition) is 3. The van der Waals surface area contributed by atoms with E-state index in [1.54, 1.807) is 23.6 Å². The van der Waals surface area contributed by atoms with Crippen LogP contribution in [0.15, 0.2) is 30.5 Å². The van der Waals surface area contributed by atoms with Crippen molar-refractivity contribution in [3.05, 3.63) is 51.7 Å².